The van der Waals surface area contributed by atoms with Crippen molar-refractivity contribution >= 4 is 16.9 Å². The van der Waals surface area contributed by atoms with Crippen LogP contribution >= 0.6 is 0 Å². The van der Waals surface area contributed by atoms with E-state index in [4.69, 9.17) is 9.52 Å². The summed E-state index contributed by atoms with van der Waals surface area (Å²) in [6, 6.07) is 7.83. The molecule has 0 bridgehead atoms. The topological polar surface area (TPSA) is 62.5 Å². The van der Waals surface area contributed by atoms with Crippen LogP contribution in [0.5, 0.6) is 0 Å². The molecular weight excluding hydrogens is 266 g/mol. The van der Waals surface area contributed by atoms with Gasteiger partial charge < -0.3 is 14.8 Å². The summed E-state index contributed by atoms with van der Waals surface area (Å²) in [5, 5.41) is 13.3. The Morgan fingerprint density at radius 1 is 1.24 bits per heavy atom. The number of rotatable bonds is 7. The van der Waals surface area contributed by atoms with Crippen molar-refractivity contribution in [2.24, 2.45) is 5.92 Å². The maximum atomic E-state index is 10.9. The Bertz CT molecular complexity index is 616. The van der Waals surface area contributed by atoms with Crippen LogP contribution < -0.4 is 5.32 Å². The predicted molar refractivity (Wildman–Crippen MR) is 83.5 cm³/mol. The normalized spacial score (nSPS) is 13.0. The van der Waals surface area contributed by atoms with Crippen molar-refractivity contribution < 1.29 is 14.3 Å². The van der Waals surface area contributed by atoms with Gasteiger partial charge in [0.25, 0.3) is 0 Å². The Morgan fingerprint density at radius 2 is 2.00 bits per heavy atom. The molecule has 1 aromatic heterocycles. The number of hydrogen-bond acceptors (Lipinski definition) is 3. The number of carboxylic acid groups (broad SMARTS) is 1. The Kier molecular flexibility index (Phi) is 5.02. The SMILES string of the molecule is CC(C)CCC(C)NCc1ccc2oc(C(=O)O)cc2c1. The third kappa shape index (κ3) is 4.33. The molecule has 1 heterocycles. The fourth-order valence-corrected chi connectivity index (χ4v) is 2.29. The number of hydrogen-bond donors (Lipinski definition) is 2. The first-order valence-corrected chi connectivity index (χ1v) is 7.45. The van der Waals surface area contributed by atoms with Crippen molar-refractivity contribution in [3.8, 4) is 0 Å². The maximum Gasteiger partial charge on any atom is 0.371 e. The number of furan rings is 1. The van der Waals surface area contributed by atoms with Gasteiger partial charge >= 0.3 is 5.97 Å². The van der Waals surface area contributed by atoms with Crippen molar-refractivity contribution in [1.82, 2.24) is 5.32 Å². The predicted octanol–water partition coefficient (Wildman–Crippen LogP) is 4.05. The number of fused-ring (bicyclic) bond motifs is 1. The molecule has 114 valence electrons. The summed E-state index contributed by atoms with van der Waals surface area (Å²) in [4.78, 5) is 10.9. The second kappa shape index (κ2) is 6.76. The molecule has 0 aliphatic rings. The molecule has 0 saturated carbocycles. The van der Waals surface area contributed by atoms with Crippen LogP contribution in [0.4, 0.5) is 0 Å². The molecule has 2 N–H and O–H groups in total. The largest absolute Gasteiger partial charge is 0.475 e. The number of nitrogens with one attached hydrogen (secondary N) is 1. The lowest BCUT2D eigenvalue weighted by atomic mass is 10.0. The van der Waals surface area contributed by atoms with Crippen LogP contribution in [0.3, 0.4) is 0 Å². The van der Waals surface area contributed by atoms with Crippen LogP contribution in [0.1, 0.15) is 49.7 Å². The molecule has 0 saturated heterocycles. The van der Waals surface area contributed by atoms with Gasteiger partial charge in [0.2, 0.25) is 5.76 Å². The summed E-state index contributed by atoms with van der Waals surface area (Å²) in [5.41, 5.74) is 1.75. The maximum absolute atomic E-state index is 10.9. The second-order valence-electron chi connectivity index (χ2n) is 6.04. The van der Waals surface area contributed by atoms with Crippen molar-refractivity contribution in [1.29, 1.82) is 0 Å². The van der Waals surface area contributed by atoms with Crippen LogP contribution in [-0.4, -0.2) is 17.1 Å². The number of carboxylic acids is 1. The fourth-order valence-electron chi connectivity index (χ4n) is 2.29. The standard InChI is InChI=1S/C17H23NO3/c1-11(2)4-5-12(3)18-10-13-6-7-15-14(8-13)9-16(21-15)17(19)20/h6-9,11-12,18H,4-5,10H2,1-3H3,(H,19,20). The highest BCUT2D eigenvalue weighted by atomic mass is 16.4. The number of benzene rings is 1. The van der Waals surface area contributed by atoms with Crippen molar-refractivity contribution in [3.05, 3.63) is 35.6 Å². The highest BCUT2D eigenvalue weighted by molar-refractivity contribution is 5.91. The molecule has 0 spiro atoms. The molecule has 2 aromatic rings. The molecule has 1 unspecified atom stereocenters. The molecular formula is C17H23NO3. The van der Waals surface area contributed by atoms with E-state index in [0.29, 0.717) is 11.6 Å². The molecule has 1 atom stereocenters. The van der Waals surface area contributed by atoms with E-state index in [0.717, 1.165) is 29.8 Å². The monoisotopic (exact) mass is 289 g/mol. The third-order valence-corrected chi connectivity index (χ3v) is 3.62. The van der Waals surface area contributed by atoms with Crippen molar-refractivity contribution in [2.45, 2.75) is 46.2 Å². The van der Waals surface area contributed by atoms with Crippen LogP contribution in [-0.2, 0) is 6.54 Å². The van der Waals surface area contributed by atoms with E-state index in [-0.39, 0.29) is 5.76 Å². The minimum atomic E-state index is -1.03. The van der Waals surface area contributed by atoms with Gasteiger partial charge in [-0.3, -0.25) is 0 Å². The van der Waals surface area contributed by atoms with E-state index in [1.807, 2.05) is 18.2 Å². The van der Waals surface area contributed by atoms with Gasteiger partial charge in [0.15, 0.2) is 0 Å². The first-order valence-electron chi connectivity index (χ1n) is 7.45. The Hall–Kier alpha value is -1.81. The summed E-state index contributed by atoms with van der Waals surface area (Å²) in [7, 11) is 0. The van der Waals surface area contributed by atoms with Gasteiger partial charge in [-0.15, -0.1) is 0 Å². The van der Waals surface area contributed by atoms with E-state index >= 15 is 0 Å². The van der Waals surface area contributed by atoms with Gasteiger partial charge in [-0.1, -0.05) is 19.9 Å². The van der Waals surface area contributed by atoms with Crippen LogP contribution in [0, 0.1) is 5.92 Å². The van der Waals surface area contributed by atoms with Gasteiger partial charge in [-0.25, -0.2) is 4.79 Å². The lowest BCUT2D eigenvalue weighted by molar-refractivity contribution is 0.0665. The van der Waals surface area contributed by atoms with E-state index in [2.05, 4.69) is 26.1 Å². The van der Waals surface area contributed by atoms with Gasteiger partial charge in [-0.2, -0.15) is 0 Å². The summed E-state index contributed by atoms with van der Waals surface area (Å²) in [6.07, 6.45) is 2.38. The summed E-state index contributed by atoms with van der Waals surface area (Å²) < 4.78 is 5.26. The van der Waals surface area contributed by atoms with Crippen LogP contribution in [0.15, 0.2) is 28.7 Å². The van der Waals surface area contributed by atoms with Crippen molar-refractivity contribution in [2.75, 3.05) is 0 Å². The van der Waals surface area contributed by atoms with Crippen LogP contribution in [0.2, 0.25) is 0 Å². The Labute approximate surface area is 125 Å². The molecule has 0 radical (unpaired) electrons. The average molecular weight is 289 g/mol. The third-order valence-electron chi connectivity index (χ3n) is 3.62. The Balaban J connectivity index is 1.97. The molecule has 0 aliphatic carbocycles. The first-order chi connectivity index (χ1) is 9.95. The van der Waals surface area contributed by atoms with Gasteiger partial charge in [0.05, 0.1) is 0 Å². The zero-order valence-electron chi connectivity index (χ0n) is 12.8. The van der Waals surface area contributed by atoms with Gasteiger partial charge in [0, 0.05) is 18.0 Å². The van der Waals surface area contributed by atoms with Crippen LogP contribution in [0.25, 0.3) is 11.0 Å². The highest BCUT2D eigenvalue weighted by Gasteiger charge is 2.11. The summed E-state index contributed by atoms with van der Waals surface area (Å²) in [6.45, 7) is 7.45. The minimum absolute atomic E-state index is 0.0135. The molecule has 1 aromatic carbocycles. The average Bonchev–Trinajstić information content (AvgIpc) is 2.86. The quantitative estimate of drug-likeness (QED) is 0.807. The van der Waals surface area contributed by atoms with Crippen molar-refractivity contribution in [3.63, 3.8) is 0 Å². The molecule has 4 nitrogen and oxygen atoms in total. The summed E-state index contributed by atoms with van der Waals surface area (Å²) >= 11 is 0. The lowest BCUT2D eigenvalue weighted by Crippen LogP contribution is -2.25. The zero-order valence-corrected chi connectivity index (χ0v) is 12.8. The lowest BCUT2D eigenvalue weighted by Gasteiger charge is -2.15. The van der Waals surface area contributed by atoms with E-state index < -0.39 is 5.97 Å². The van der Waals surface area contributed by atoms with Gasteiger partial charge in [0.1, 0.15) is 5.58 Å². The van der Waals surface area contributed by atoms with E-state index in [1.54, 1.807) is 6.07 Å². The number of aromatic carboxylic acids is 1. The van der Waals surface area contributed by atoms with E-state index in [1.165, 1.54) is 6.42 Å². The molecule has 21 heavy (non-hydrogen) atoms. The Morgan fingerprint density at radius 3 is 2.67 bits per heavy atom. The van der Waals surface area contributed by atoms with Gasteiger partial charge in [-0.05, 0) is 49.4 Å². The minimum Gasteiger partial charge on any atom is -0.475 e. The van der Waals surface area contributed by atoms with E-state index in [9.17, 15) is 4.79 Å². The molecule has 0 fully saturated rings. The summed E-state index contributed by atoms with van der Waals surface area (Å²) in [5.74, 6) is -0.320. The first kappa shape index (κ1) is 15.6. The molecule has 0 aliphatic heterocycles. The highest BCUT2D eigenvalue weighted by Crippen LogP contribution is 2.21. The molecule has 2 rings (SSSR count). The smallest absolute Gasteiger partial charge is 0.371 e. The molecule has 4 heteroatoms. The second-order valence-corrected chi connectivity index (χ2v) is 6.04. The fraction of sp³-hybridized carbons (Fsp3) is 0.471. The zero-order chi connectivity index (χ0) is 15.4. The molecule has 0 amide bonds. The number of carbonyl (C=O) groups is 1.